The van der Waals surface area contributed by atoms with Crippen LogP contribution >= 0.6 is 0 Å². The smallest absolute Gasteiger partial charge is 0.317 e. The first-order chi connectivity index (χ1) is 12.1. The maximum atomic E-state index is 14.1. The normalized spacial score (nSPS) is 20.1. The number of hydrogen-bond acceptors (Lipinski definition) is 3. The van der Waals surface area contributed by atoms with E-state index >= 15 is 0 Å². The van der Waals surface area contributed by atoms with Crippen LogP contribution in [-0.4, -0.2) is 32.5 Å². The molecule has 4 rings (SSSR count). The summed E-state index contributed by atoms with van der Waals surface area (Å²) in [6.07, 6.45) is 5.45. The van der Waals surface area contributed by atoms with Crippen molar-refractivity contribution in [2.45, 2.75) is 38.3 Å². The molecule has 2 amide bonds. The summed E-state index contributed by atoms with van der Waals surface area (Å²) in [4.78, 5) is 14.1. The lowest BCUT2D eigenvalue weighted by atomic mass is 10.0. The van der Waals surface area contributed by atoms with Gasteiger partial charge in [0, 0.05) is 18.7 Å². The number of rotatable bonds is 4. The fourth-order valence-electron chi connectivity index (χ4n) is 3.29. The SMILES string of the molecule is O=C(Nc1cn(CC2CC2)nn1)N1CCCC1c1cc(F)ccc1F. The topological polar surface area (TPSA) is 63.1 Å². The van der Waals surface area contributed by atoms with Crippen LogP contribution in [0.15, 0.2) is 24.4 Å². The predicted octanol–water partition coefficient (Wildman–Crippen LogP) is 3.34. The molecule has 6 nitrogen and oxygen atoms in total. The van der Waals surface area contributed by atoms with Gasteiger partial charge in [0.15, 0.2) is 5.82 Å². The molecule has 2 fully saturated rings. The summed E-state index contributed by atoms with van der Waals surface area (Å²) < 4.78 is 29.3. The standard InChI is InChI=1S/C17H19F2N5O/c18-12-5-6-14(19)13(8-12)15-2-1-7-24(15)17(25)20-16-10-23(22-21-16)9-11-3-4-11/h5-6,8,10-11,15H,1-4,7,9H2,(H,20,25). The number of hydrogen-bond donors (Lipinski definition) is 1. The van der Waals surface area contributed by atoms with Crippen molar-refractivity contribution in [1.29, 1.82) is 0 Å². The fraction of sp³-hybridized carbons (Fsp3) is 0.471. The zero-order valence-electron chi connectivity index (χ0n) is 13.7. The zero-order chi connectivity index (χ0) is 17.4. The van der Waals surface area contributed by atoms with E-state index in [4.69, 9.17) is 0 Å². The van der Waals surface area contributed by atoms with E-state index in [0.717, 1.165) is 31.2 Å². The molecule has 8 heteroatoms. The van der Waals surface area contributed by atoms with E-state index in [1.54, 1.807) is 10.9 Å². The predicted molar refractivity (Wildman–Crippen MR) is 86.8 cm³/mol. The zero-order valence-corrected chi connectivity index (χ0v) is 13.7. The number of urea groups is 1. The van der Waals surface area contributed by atoms with E-state index in [1.165, 1.54) is 17.7 Å². The van der Waals surface area contributed by atoms with Gasteiger partial charge < -0.3 is 4.90 Å². The Labute approximate surface area is 143 Å². The first kappa shape index (κ1) is 16.0. The van der Waals surface area contributed by atoms with Gasteiger partial charge in [-0.15, -0.1) is 5.10 Å². The molecule has 132 valence electrons. The lowest BCUT2D eigenvalue weighted by Crippen LogP contribution is -2.35. The second-order valence-electron chi connectivity index (χ2n) is 6.72. The van der Waals surface area contributed by atoms with Crippen molar-refractivity contribution in [1.82, 2.24) is 19.9 Å². The fourth-order valence-corrected chi connectivity index (χ4v) is 3.29. The van der Waals surface area contributed by atoms with Crippen LogP contribution in [0.4, 0.5) is 19.4 Å². The molecule has 1 saturated carbocycles. The molecule has 2 aromatic rings. The van der Waals surface area contributed by atoms with Crippen LogP contribution in [0.1, 0.15) is 37.3 Å². The first-order valence-corrected chi connectivity index (χ1v) is 8.53. The summed E-state index contributed by atoms with van der Waals surface area (Å²) in [5.41, 5.74) is 0.213. The number of nitrogens with zero attached hydrogens (tertiary/aromatic N) is 4. The Balaban J connectivity index is 1.46. The molecular formula is C17H19F2N5O. The molecule has 0 radical (unpaired) electrons. The van der Waals surface area contributed by atoms with Gasteiger partial charge in [-0.3, -0.25) is 10.00 Å². The maximum Gasteiger partial charge on any atom is 0.323 e. The van der Waals surface area contributed by atoms with Crippen molar-refractivity contribution in [3.63, 3.8) is 0 Å². The first-order valence-electron chi connectivity index (χ1n) is 8.53. The van der Waals surface area contributed by atoms with Gasteiger partial charge in [0.2, 0.25) is 0 Å². The highest BCUT2D eigenvalue weighted by Crippen LogP contribution is 2.34. The van der Waals surface area contributed by atoms with Gasteiger partial charge in [0.05, 0.1) is 12.2 Å². The molecule has 0 spiro atoms. The average molecular weight is 347 g/mol. The Hall–Kier alpha value is -2.51. The highest BCUT2D eigenvalue weighted by molar-refractivity contribution is 5.88. The summed E-state index contributed by atoms with van der Waals surface area (Å²) in [5, 5.41) is 10.7. The number of amides is 2. The monoisotopic (exact) mass is 347 g/mol. The third-order valence-electron chi connectivity index (χ3n) is 4.75. The second kappa shape index (κ2) is 6.42. The Kier molecular flexibility index (Phi) is 4.10. The van der Waals surface area contributed by atoms with Crippen molar-refractivity contribution < 1.29 is 13.6 Å². The minimum atomic E-state index is -0.508. The summed E-state index contributed by atoms with van der Waals surface area (Å²) in [6, 6.07) is 2.50. The van der Waals surface area contributed by atoms with Crippen molar-refractivity contribution >= 4 is 11.8 Å². The van der Waals surface area contributed by atoms with Crippen molar-refractivity contribution in [3.8, 4) is 0 Å². The Morgan fingerprint density at radius 3 is 2.92 bits per heavy atom. The number of halogens is 2. The third-order valence-corrected chi connectivity index (χ3v) is 4.75. The number of anilines is 1. The number of carbonyl (C=O) groups is 1. The van der Waals surface area contributed by atoms with Gasteiger partial charge in [-0.2, -0.15) is 0 Å². The van der Waals surface area contributed by atoms with Crippen LogP contribution in [0.3, 0.4) is 0 Å². The molecule has 1 aliphatic carbocycles. The Morgan fingerprint density at radius 2 is 2.12 bits per heavy atom. The molecule has 1 aliphatic heterocycles. The Bertz CT molecular complexity index is 789. The quantitative estimate of drug-likeness (QED) is 0.923. The van der Waals surface area contributed by atoms with Crippen molar-refractivity contribution in [3.05, 3.63) is 41.6 Å². The number of carbonyl (C=O) groups excluding carboxylic acids is 1. The molecule has 1 saturated heterocycles. The third kappa shape index (κ3) is 3.47. The van der Waals surface area contributed by atoms with Crippen LogP contribution in [0.25, 0.3) is 0 Å². The molecule has 25 heavy (non-hydrogen) atoms. The number of aromatic nitrogens is 3. The van der Waals surface area contributed by atoms with Gasteiger partial charge in [0.25, 0.3) is 0 Å². The number of likely N-dealkylation sites (tertiary alicyclic amines) is 1. The van der Waals surface area contributed by atoms with Crippen LogP contribution in [0.5, 0.6) is 0 Å². The molecule has 0 bridgehead atoms. The van der Waals surface area contributed by atoms with Crippen molar-refractivity contribution in [2.24, 2.45) is 5.92 Å². The van der Waals surface area contributed by atoms with Crippen LogP contribution < -0.4 is 5.32 Å². The van der Waals surface area contributed by atoms with Gasteiger partial charge in [0.1, 0.15) is 11.6 Å². The molecule has 1 N–H and O–H groups in total. The summed E-state index contributed by atoms with van der Waals surface area (Å²) in [7, 11) is 0. The van der Waals surface area contributed by atoms with Gasteiger partial charge in [-0.1, -0.05) is 5.21 Å². The van der Waals surface area contributed by atoms with E-state index in [0.29, 0.717) is 24.7 Å². The van der Waals surface area contributed by atoms with E-state index in [2.05, 4.69) is 15.6 Å². The second-order valence-corrected chi connectivity index (χ2v) is 6.72. The van der Waals surface area contributed by atoms with Crippen LogP contribution in [-0.2, 0) is 6.54 Å². The summed E-state index contributed by atoms with van der Waals surface area (Å²) >= 11 is 0. The van der Waals surface area contributed by atoms with Gasteiger partial charge in [-0.05, 0) is 49.8 Å². The lowest BCUT2D eigenvalue weighted by Gasteiger charge is -2.25. The summed E-state index contributed by atoms with van der Waals surface area (Å²) in [6.45, 7) is 1.30. The number of benzene rings is 1. The van der Waals surface area contributed by atoms with Gasteiger partial charge >= 0.3 is 6.03 Å². The van der Waals surface area contributed by atoms with Crippen LogP contribution in [0, 0.1) is 17.6 Å². The summed E-state index contributed by atoms with van der Waals surface area (Å²) in [5.74, 6) is 0.0216. The van der Waals surface area contributed by atoms with Crippen LogP contribution in [0.2, 0.25) is 0 Å². The molecule has 1 aromatic carbocycles. The highest BCUT2D eigenvalue weighted by atomic mass is 19.1. The molecule has 1 unspecified atom stereocenters. The lowest BCUT2D eigenvalue weighted by molar-refractivity contribution is 0.206. The molecule has 1 atom stereocenters. The van der Waals surface area contributed by atoms with E-state index in [9.17, 15) is 13.6 Å². The molecule has 1 aromatic heterocycles. The highest BCUT2D eigenvalue weighted by Gasteiger charge is 2.32. The maximum absolute atomic E-state index is 14.1. The van der Waals surface area contributed by atoms with E-state index in [1.807, 2.05) is 0 Å². The largest absolute Gasteiger partial charge is 0.323 e. The number of nitrogens with one attached hydrogen (secondary N) is 1. The average Bonchev–Trinajstić information content (AvgIpc) is 3.08. The molecule has 2 aliphatic rings. The molecular weight excluding hydrogens is 328 g/mol. The van der Waals surface area contributed by atoms with E-state index in [-0.39, 0.29) is 11.6 Å². The Morgan fingerprint density at radius 1 is 1.28 bits per heavy atom. The molecule has 2 heterocycles. The van der Waals surface area contributed by atoms with Gasteiger partial charge in [-0.25, -0.2) is 13.6 Å². The van der Waals surface area contributed by atoms with E-state index < -0.39 is 17.7 Å². The van der Waals surface area contributed by atoms with Crippen molar-refractivity contribution in [2.75, 3.05) is 11.9 Å². The minimum Gasteiger partial charge on any atom is -0.317 e. The minimum absolute atomic E-state index is 0.213.